The topological polar surface area (TPSA) is 67.5 Å². The van der Waals surface area contributed by atoms with Gasteiger partial charge in [-0.2, -0.15) is 5.26 Å². The van der Waals surface area contributed by atoms with E-state index in [2.05, 4.69) is 18.7 Å². The van der Waals surface area contributed by atoms with Gasteiger partial charge < -0.3 is 14.0 Å². The number of nitriles is 1. The standard InChI is InChI=1S/C16H23N3O3/c1-12(2)8-19-4-5-21-14(10-19)11-22-16(20)15-6-13(7-17)9-18(15)3/h6,9,12,14H,4-5,8,10-11H2,1-3H3/t14-/m0/s1. The molecule has 0 amide bonds. The van der Waals surface area contributed by atoms with Crippen LogP contribution in [-0.2, 0) is 16.5 Å². The van der Waals surface area contributed by atoms with Crippen molar-refractivity contribution in [2.24, 2.45) is 13.0 Å². The largest absolute Gasteiger partial charge is 0.458 e. The summed E-state index contributed by atoms with van der Waals surface area (Å²) in [5.41, 5.74) is 0.831. The number of aryl methyl sites for hydroxylation is 1. The van der Waals surface area contributed by atoms with Crippen LogP contribution >= 0.6 is 0 Å². The van der Waals surface area contributed by atoms with Gasteiger partial charge in [-0.15, -0.1) is 0 Å². The van der Waals surface area contributed by atoms with E-state index in [-0.39, 0.29) is 12.7 Å². The predicted octanol–water partition coefficient (Wildman–Crippen LogP) is 1.41. The normalized spacial score (nSPS) is 19.1. The maximum atomic E-state index is 12.1. The molecule has 2 heterocycles. The number of carbonyl (C=O) groups excluding carboxylic acids is 1. The molecule has 1 aromatic rings. The molecule has 0 N–H and O–H groups in total. The van der Waals surface area contributed by atoms with Crippen LogP contribution in [0.2, 0.25) is 0 Å². The van der Waals surface area contributed by atoms with Crippen LogP contribution in [0.4, 0.5) is 0 Å². The molecule has 1 aromatic heterocycles. The van der Waals surface area contributed by atoms with Gasteiger partial charge in [-0.05, 0) is 12.0 Å². The van der Waals surface area contributed by atoms with Crippen LogP contribution in [0.3, 0.4) is 0 Å². The first kappa shape index (κ1) is 16.5. The van der Waals surface area contributed by atoms with Gasteiger partial charge in [-0.1, -0.05) is 13.8 Å². The highest BCUT2D eigenvalue weighted by Gasteiger charge is 2.23. The highest BCUT2D eigenvalue weighted by atomic mass is 16.6. The minimum absolute atomic E-state index is 0.0906. The first-order valence-corrected chi connectivity index (χ1v) is 7.57. The van der Waals surface area contributed by atoms with E-state index in [1.807, 2.05) is 6.07 Å². The summed E-state index contributed by atoms with van der Waals surface area (Å²) in [4.78, 5) is 14.4. The van der Waals surface area contributed by atoms with Crippen molar-refractivity contribution >= 4 is 5.97 Å². The summed E-state index contributed by atoms with van der Waals surface area (Å²) in [6.07, 6.45) is 1.52. The maximum Gasteiger partial charge on any atom is 0.355 e. The Bertz CT molecular complexity index is 559. The van der Waals surface area contributed by atoms with Crippen LogP contribution < -0.4 is 0 Å². The number of morpholine rings is 1. The molecule has 1 aliphatic rings. The van der Waals surface area contributed by atoms with Crippen LogP contribution in [-0.4, -0.2) is 54.4 Å². The minimum atomic E-state index is -0.423. The number of carbonyl (C=O) groups is 1. The molecular weight excluding hydrogens is 282 g/mol. The molecule has 2 rings (SSSR count). The third-order valence-electron chi connectivity index (χ3n) is 3.59. The quantitative estimate of drug-likeness (QED) is 0.769. The van der Waals surface area contributed by atoms with E-state index in [1.165, 1.54) is 6.07 Å². The Morgan fingerprint density at radius 3 is 3.00 bits per heavy atom. The molecule has 0 unspecified atom stereocenters. The van der Waals surface area contributed by atoms with Gasteiger partial charge in [-0.3, -0.25) is 4.90 Å². The number of nitrogens with zero attached hydrogens (tertiary/aromatic N) is 3. The molecule has 0 aromatic carbocycles. The summed E-state index contributed by atoms with van der Waals surface area (Å²) in [6.45, 7) is 8.00. The zero-order chi connectivity index (χ0) is 16.1. The highest BCUT2D eigenvalue weighted by molar-refractivity contribution is 5.88. The van der Waals surface area contributed by atoms with Crippen molar-refractivity contribution in [1.82, 2.24) is 9.47 Å². The molecule has 0 saturated carbocycles. The van der Waals surface area contributed by atoms with Crippen molar-refractivity contribution in [1.29, 1.82) is 5.26 Å². The zero-order valence-corrected chi connectivity index (χ0v) is 13.4. The van der Waals surface area contributed by atoms with E-state index in [0.717, 1.165) is 19.6 Å². The highest BCUT2D eigenvalue weighted by Crippen LogP contribution is 2.11. The molecule has 0 aliphatic carbocycles. The lowest BCUT2D eigenvalue weighted by Gasteiger charge is -2.33. The van der Waals surface area contributed by atoms with Crippen LogP contribution in [0.1, 0.15) is 29.9 Å². The summed E-state index contributed by atoms with van der Waals surface area (Å²) < 4.78 is 12.6. The van der Waals surface area contributed by atoms with Crippen LogP contribution in [0.15, 0.2) is 12.3 Å². The Balaban J connectivity index is 1.85. The first-order valence-electron chi connectivity index (χ1n) is 7.57. The number of hydrogen-bond donors (Lipinski definition) is 0. The van der Waals surface area contributed by atoms with Crippen molar-refractivity contribution in [3.63, 3.8) is 0 Å². The molecule has 22 heavy (non-hydrogen) atoms. The number of rotatable bonds is 5. The lowest BCUT2D eigenvalue weighted by molar-refractivity contribution is -0.0614. The summed E-state index contributed by atoms with van der Waals surface area (Å²) in [5, 5.41) is 8.85. The van der Waals surface area contributed by atoms with Crippen LogP contribution in [0.25, 0.3) is 0 Å². The average molecular weight is 305 g/mol. The zero-order valence-electron chi connectivity index (χ0n) is 13.4. The Kier molecular flexibility index (Phi) is 5.58. The van der Waals surface area contributed by atoms with Crippen molar-refractivity contribution < 1.29 is 14.3 Å². The molecule has 1 saturated heterocycles. The second kappa shape index (κ2) is 7.43. The van der Waals surface area contributed by atoms with Gasteiger partial charge in [0.2, 0.25) is 0 Å². The second-order valence-corrected chi connectivity index (χ2v) is 6.08. The summed E-state index contributed by atoms with van der Waals surface area (Å²) >= 11 is 0. The Hall–Kier alpha value is -1.84. The van der Waals surface area contributed by atoms with E-state index in [9.17, 15) is 4.79 Å². The van der Waals surface area contributed by atoms with Gasteiger partial charge in [0.15, 0.2) is 0 Å². The molecule has 6 heteroatoms. The van der Waals surface area contributed by atoms with E-state index in [1.54, 1.807) is 17.8 Å². The van der Waals surface area contributed by atoms with Gasteiger partial charge in [0.1, 0.15) is 24.5 Å². The summed E-state index contributed by atoms with van der Waals surface area (Å²) in [5.74, 6) is 0.183. The Labute approximate surface area is 131 Å². The molecule has 1 aliphatic heterocycles. The molecular formula is C16H23N3O3. The van der Waals surface area contributed by atoms with Gasteiger partial charge in [0, 0.05) is 32.9 Å². The van der Waals surface area contributed by atoms with Gasteiger partial charge in [-0.25, -0.2) is 4.79 Å². The van der Waals surface area contributed by atoms with Gasteiger partial charge >= 0.3 is 5.97 Å². The molecule has 120 valence electrons. The monoisotopic (exact) mass is 305 g/mol. The van der Waals surface area contributed by atoms with E-state index >= 15 is 0 Å². The van der Waals surface area contributed by atoms with Crippen molar-refractivity contribution in [3.8, 4) is 6.07 Å². The fourth-order valence-electron chi connectivity index (χ4n) is 2.63. The summed E-state index contributed by atoms with van der Waals surface area (Å²) in [6, 6.07) is 3.55. The molecule has 1 atom stereocenters. The number of esters is 1. The fourth-order valence-corrected chi connectivity index (χ4v) is 2.63. The summed E-state index contributed by atoms with van der Waals surface area (Å²) in [7, 11) is 1.72. The number of aromatic nitrogens is 1. The van der Waals surface area contributed by atoms with Crippen LogP contribution in [0, 0.1) is 17.2 Å². The number of hydrogen-bond acceptors (Lipinski definition) is 5. The van der Waals surface area contributed by atoms with E-state index in [0.29, 0.717) is 23.8 Å². The lowest BCUT2D eigenvalue weighted by Crippen LogP contribution is -2.45. The lowest BCUT2D eigenvalue weighted by atomic mass is 10.2. The minimum Gasteiger partial charge on any atom is -0.458 e. The first-order chi connectivity index (χ1) is 10.5. The smallest absolute Gasteiger partial charge is 0.355 e. The third-order valence-corrected chi connectivity index (χ3v) is 3.59. The van der Waals surface area contributed by atoms with Crippen molar-refractivity contribution in [2.45, 2.75) is 20.0 Å². The Morgan fingerprint density at radius 2 is 2.36 bits per heavy atom. The van der Waals surface area contributed by atoms with E-state index in [4.69, 9.17) is 14.7 Å². The van der Waals surface area contributed by atoms with Crippen molar-refractivity contribution in [3.05, 3.63) is 23.5 Å². The van der Waals surface area contributed by atoms with Gasteiger partial charge in [0.05, 0.1) is 12.2 Å². The molecule has 0 radical (unpaired) electrons. The molecule has 6 nitrogen and oxygen atoms in total. The maximum absolute atomic E-state index is 12.1. The molecule has 0 spiro atoms. The van der Waals surface area contributed by atoms with Gasteiger partial charge in [0.25, 0.3) is 0 Å². The Morgan fingerprint density at radius 1 is 1.59 bits per heavy atom. The third kappa shape index (κ3) is 4.33. The van der Waals surface area contributed by atoms with Crippen LogP contribution in [0.5, 0.6) is 0 Å². The molecule has 1 fully saturated rings. The fraction of sp³-hybridized carbons (Fsp3) is 0.625. The predicted molar refractivity (Wildman–Crippen MR) is 81.4 cm³/mol. The van der Waals surface area contributed by atoms with Crippen molar-refractivity contribution in [2.75, 3.05) is 32.8 Å². The van der Waals surface area contributed by atoms with E-state index < -0.39 is 5.97 Å². The SMILES string of the molecule is CC(C)CN1CCO[C@H](COC(=O)c2cc(C#N)cn2C)C1. The molecule has 0 bridgehead atoms. The average Bonchev–Trinajstić information content (AvgIpc) is 2.86. The number of ether oxygens (including phenoxy) is 2. The second-order valence-electron chi connectivity index (χ2n) is 6.08.